The number of anilines is 1. The summed E-state index contributed by atoms with van der Waals surface area (Å²) in [6.07, 6.45) is 1.85. The average Bonchev–Trinajstić information content (AvgIpc) is 2.81. The molecular weight excluding hydrogens is 351 g/mol. The molecule has 0 N–H and O–H groups in total. The van der Waals surface area contributed by atoms with Gasteiger partial charge in [0.05, 0.1) is 0 Å². The second-order valence-electron chi connectivity index (χ2n) is 4.59. The van der Waals surface area contributed by atoms with E-state index in [0.29, 0.717) is 0 Å². The largest absolute Gasteiger partial charge is 0.456 e. The Labute approximate surface area is 125 Å². The smallest absolute Gasteiger partial charge is 0.136 e. The van der Waals surface area contributed by atoms with Gasteiger partial charge in [0.1, 0.15) is 17.2 Å². The number of benzene rings is 1. The van der Waals surface area contributed by atoms with Gasteiger partial charge in [-0.1, -0.05) is 0 Å². The van der Waals surface area contributed by atoms with Gasteiger partial charge in [0.15, 0.2) is 0 Å². The van der Waals surface area contributed by atoms with Crippen molar-refractivity contribution in [2.45, 2.75) is 0 Å². The van der Waals surface area contributed by atoms with Gasteiger partial charge in [-0.3, -0.25) is 0 Å². The van der Waals surface area contributed by atoms with Crippen LogP contribution in [0.15, 0.2) is 47.0 Å². The highest BCUT2D eigenvalue weighted by atomic mass is 127. The Morgan fingerprint density at radius 1 is 1.11 bits per heavy atom. The van der Waals surface area contributed by atoms with Crippen LogP contribution in [0.3, 0.4) is 0 Å². The molecule has 2 aromatic heterocycles. The second kappa shape index (κ2) is 4.85. The third kappa shape index (κ3) is 2.45. The molecule has 0 aliphatic carbocycles. The molecule has 3 rings (SSSR count). The molecule has 0 saturated carbocycles. The van der Waals surface area contributed by atoms with Crippen LogP contribution in [0.2, 0.25) is 0 Å². The summed E-state index contributed by atoms with van der Waals surface area (Å²) in [5.41, 5.74) is 1.91. The summed E-state index contributed by atoms with van der Waals surface area (Å²) in [5.74, 6) is 1.80. The Kier molecular flexibility index (Phi) is 3.18. The summed E-state index contributed by atoms with van der Waals surface area (Å²) in [5, 5.41) is 1.12. The number of rotatable bonds is 2. The Morgan fingerprint density at radius 3 is 2.63 bits per heavy atom. The van der Waals surface area contributed by atoms with Crippen LogP contribution in [0.25, 0.3) is 22.3 Å². The lowest BCUT2D eigenvalue weighted by Gasteiger charge is -2.10. The maximum Gasteiger partial charge on any atom is 0.136 e. The molecule has 0 amide bonds. The van der Waals surface area contributed by atoms with E-state index in [2.05, 4.69) is 39.7 Å². The van der Waals surface area contributed by atoms with Crippen molar-refractivity contribution in [2.75, 3.05) is 19.0 Å². The molecule has 0 unspecified atom stereocenters. The Balaban J connectivity index is 2.03. The Hall–Kier alpha value is -1.56. The normalized spacial score (nSPS) is 10.9. The predicted molar refractivity (Wildman–Crippen MR) is 86.5 cm³/mol. The summed E-state index contributed by atoms with van der Waals surface area (Å²) in [6.45, 7) is 0. The summed E-state index contributed by atoms with van der Waals surface area (Å²) in [4.78, 5) is 6.38. The Morgan fingerprint density at radius 2 is 1.95 bits per heavy atom. The summed E-state index contributed by atoms with van der Waals surface area (Å²) in [7, 11) is 3.95. The van der Waals surface area contributed by atoms with E-state index < -0.39 is 0 Å². The fourth-order valence-corrected chi connectivity index (χ4v) is 2.47. The van der Waals surface area contributed by atoms with E-state index in [4.69, 9.17) is 4.42 Å². The van der Waals surface area contributed by atoms with Crippen molar-refractivity contribution in [2.24, 2.45) is 0 Å². The van der Waals surface area contributed by atoms with E-state index >= 15 is 0 Å². The first-order valence-electron chi connectivity index (χ1n) is 5.96. The van der Waals surface area contributed by atoms with Crippen LogP contribution in [0.1, 0.15) is 0 Å². The quantitative estimate of drug-likeness (QED) is 0.640. The third-order valence-electron chi connectivity index (χ3n) is 2.97. The van der Waals surface area contributed by atoms with Crippen molar-refractivity contribution in [3.8, 4) is 11.3 Å². The molecule has 0 bridgehead atoms. The van der Waals surface area contributed by atoms with E-state index in [1.807, 2.05) is 49.5 Å². The molecule has 0 radical (unpaired) electrons. The highest BCUT2D eigenvalue weighted by Crippen LogP contribution is 2.29. The molecule has 96 valence electrons. The zero-order valence-electron chi connectivity index (χ0n) is 10.7. The fourth-order valence-electron chi connectivity index (χ4n) is 1.95. The Bertz CT molecular complexity index is 717. The van der Waals surface area contributed by atoms with Crippen molar-refractivity contribution in [3.05, 3.63) is 46.2 Å². The number of fused-ring (bicyclic) bond motifs is 1. The molecule has 0 aliphatic rings. The van der Waals surface area contributed by atoms with Crippen molar-refractivity contribution >= 4 is 39.4 Å². The molecule has 0 atom stereocenters. The van der Waals surface area contributed by atoms with E-state index in [0.717, 1.165) is 28.1 Å². The molecule has 4 heteroatoms. The van der Waals surface area contributed by atoms with Crippen LogP contribution >= 0.6 is 22.6 Å². The van der Waals surface area contributed by atoms with Crippen molar-refractivity contribution in [1.82, 2.24) is 4.98 Å². The monoisotopic (exact) mass is 364 g/mol. The van der Waals surface area contributed by atoms with Gasteiger partial charge < -0.3 is 9.32 Å². The number of halogens is 1. The number of nitrogens with zero attached hydrogens (tertiary/aromatic N) is 2. The zero-order chi connectivity index (χ0) is 13.4. The van der Waals surface area contributed by atoms with Gasteiger partial charge >= 0.3 is 0 Å². The summed E-state index contributed by atoms with van der Waals surface area (Å²) < 4.78 is 7.06. The maximum absolute atomic E-state index is 5.85. The molecular formula is C15H13IN2O. The SMILES string of the molecule is CN(C)c1ccc(-c2cc3cc(I)ccc3o2)cn1. The number of hydrogen-bond donors (Lipinski definition) is 0. The number of hydrogen-bond acceptors (Lipinski definition) is 3. The number of aromatic nitrogens is 1. The highest BCUT2D eigenvalue weighted by Gasteiger charge is 2.07. The van der Waals surface area contributed by atoms with Gasteiger partial charge in [-0.05, 0) is 59.0 Å². The predicted octanol–water partition coefficient (Wildman–Crippen LogP) is 4.17. The van der Waals surface area contributed by atoms with Gasteiger partial charge in [-0.15, -0.1) is 0 Å². The first-order chi connectivity index (χ1) is 9.13. The van der Waals surface area contributed by atoms with Crippen molar-refractivity contribution < 1.29 is 4.42 Å². The van der Waals surface area contributed by atoms with E-state index in [1.54, 1.807) is 0 Å². The molecule has 3 aromatic rings. The minimum atomic E-state index is 0.856. The van der Waals surface area contributed by atoms with Crippen molar-refractivity contribution in [3.63, 3.8) is 0 Å². The van der Waals surface area contributed by atoms with Crippen LogP contribution in [-0.4, -0.2) is 19.1 Å². The van der Waals surface area contributed by atoms with Crippen LogP contribution in [0.5, 0.6) is 0 Å². The lowest BCUT2D eigenvalue weighted by molar-refractivity contribution is 0.631. The summed E-state index contributed by atoms with van der Waals surface area (Å²) in [6, 6.07) is 12.2. The van der Waals surface area contributed by atoms with Crippen LogP contribution in [0.4, 0.5) is 5.82 Å². The average molecular weight is 364 g/mol. The molecule has 0 aliphatic heterocycles. The van der Waals surface area contributed by atoms with Gasteiger partial charge in [0.25, 0.3) is 0 Å². The first kappa shape index (κ1) is 12.5. The fraction of sp³-hybridized carbons (Fsp3) is 0.133. The molecule has 3 nitrogen and oxygen atoms in total. The van der Waals surface area contributed by atoms with Gasteiger partial charge in [0.2, 0.25) is 0 Å². The topological polar surface area (TPSA) is 29.3 Å². The van der Waals surface area contributed by atoms with Crippen molar-refractivity contribution in [1.29, 1.82) is 0 Å². The third-order valence-corrected chi connectivity index (χ3v) is 3.64. The van der Waals surface area contributed by atoms with Crippen LogP contribution in [-0.2, 0) is 0 Å². The molecule has 19 heavy (non-hydrogen) atoms. The first-order valence-corrected chi connectivity index (χ1v) is 7.04. The zero-order valence-corrected chi connectivity index (χ0v) is 12.9. The second-order valence-corrected chi connectivity index (χ2v) is 5.84. The molecule has 0 fully saturated rings. The molecule has 0 spiro atoms. The summed E-state index contributed by atoms with van der Waals surface area (Å²) >= 11 is 2.30. The molecule has 1 aromatic carbocycles. The minimum Gasteiger partial charge on any atom is -0.456 e. The highest BCUT2D eigenvalue weighted by molar-refractivity contribution is 14.1. The maximum atomic E-state index is 5.85. The van der Waals surface area contributed by atoms with Gasteiger partial charge in [0, 0.05) is 34.8 Å². The standard InChI is InChI=1S/C15H13IN2O/c1-18(2)15-6-3-10(9-17-15)14-8-11-7-12(16)4-5-13(11)19-14/h3-9H,1-2H3. The van der Waals surface area contributed by atoms with Gasteiger partial charge in [-0.25, -0.2) is 4.98 Å². The number of furan rings is 1. The molecule has 2 heterocycles. The van der Waals surface area contributed by atoms with E-state index in [1.165, 1.54) is 3.57 Å². The minimum absolute atomic E-state index is 0.856. The lowest BCUT2D eigenvalue weighted by atomic mass is 10.2. The van der Waals surface area contributed by atoms with Crippen LogP contribution in [0, 0.1) is 3.57 Å². The van der Waals surface area contributed by atoms with E-state index in [-0.39, 0.29) is 0 Å². The van der Waals surface area contributed by atoms with Gasteiger partial charge in [-0.2, -0.15) is 0 Å². The lowest BCUT2D eigenvalue weighted by Crippen LogP contribution is -2.09. The molecule has 0 saturated heterocycles. The van der Waals surface area contributed by atoms with E-state index in [9.17, 15) is 0 Å². The number of pyridine rings is 1. The van der Waals surface area contributed by atoms with Crippen LogP contribution < -0.4 is 4.90 Å².